The molecule has 4 aromatic rings. The van der Waals surface area contributed by atoms with Gasteiger partial charge < -0.3 is 9.88 Å². The molecule has 5 heterocycles. The molecule has 0 radical (unpaired) electrons. The molecule has 0 aromatic carbocycles. The van der Waals surface area contributed by atoms with Gasteiger partial charge in [-0.2, -0.15) is 23.4 Å². The Kier molecular flexibility index (Phi) is 4.57. The lowest BCUT2D eigenvalue weighted by Crippen LogP contribution is -2.26. The van der Waals surface area contributed by atoms with Gasteiger partial charge >= 0.3 is 6.18 Å². The number of aromatic amines is 1. The zero-order chi connectivity index (χ0) is 22.6. The van der Waals surface area contributed by atoms with E-state index in [9.17, 15) is 18.0 Å². The lowest BCUT2D eigenvalue weighted by molar-refractivity contribution is -0.141. The third-order valence-corrected chi connectivity index (χ3v) is 5.66. The number of alkyl halides is 3. The Bertz CT molecular complexity index is 1330. The molecule has 1 aliphatic heterocycles. The molecule has 0 saturated heterocycles. The van der Waals surface area contributed by atoms with Gasteiger partial charge in [0.05, 0.1) is 12.2 Å². The molecule has 1 aliphatic rings. The number of aryl methyl sites for hydroxylation is 2. The van der Waals surface area contributed by atoms with Crippen molar-refractivity contribution in [1.82, 2.24) is 34.4 Å². The second-order valence-electron chi connectivity index (χ2n) is 7.99. The molecule has 0 spiro atoms. The fraction of sp³-hybridized carbons (Fsp3) is 0.333. The highest BCUT2D eigenvalue weighted by Crippen LogP contribution is 2.39. The number of hydrogen-bond donors (Lipinski definition) is 1. The minimum Gasteiger partial charge on any atom is -0.346 e. The molecule has 0 fully saturated rings. The number of amides is 1. The van der Waals surface area contributed by atoms with Crippen LogP contribution in [0.4, 0.5) is 13.2 Å². The standard InChI is InChI=1S/C21H20F3N7O/c1-29-11-17-15(9-30(2)27-17)12-6-13-14(8-26-20(13)25-7-12)16-10-31(5-3-4-18(29)32)28-19(16)21(22,23)24/h6-10H,3-5,11H2,1-2H3,(H,25,26). The Balaban J connectivity index is 1.75. The molecule has 1 N–H and O–H groups in total. The van der Waals surface area contributed by atoms with Gasteiger partial charge in [-0.3, -0.25) is 14.2 Å². The summed E-state index contributed by atoms with van der Waals surface area (Å²) in [5.41, 5.74) is 2.05. The zero-order valence-corrected chi connectivity index (χ0v) is 17.4. The summed E-state index contributed by atoms with van der Waals surface area (Å²) in [7, 11) is 3.48. The molecule has 32 heavy (non-hydrogen) atoms. The van der Waals surface area contributed by atoms with Crippen LogP contribution in [-0.2, 0) is 31.1 Å². The van der Waals surface area contributed by atoms with E-state index in [1.54, 1.807) is 35.9 Å². The van der Waals surface area contributed by atoms with E-state index in [2.05, 4.69) is 20.2 Å². The van der Waals surface area contributed by atoms with Gasteiger partial charge in [-0.1, -0.05) is 0 Å². The first-order valence-electron chi connectivity index (χ1n) is 10.1. The van der Waals surface area contributed by atoms with E-state index in [4.69, 9.17) is 0 Å². The molecule has 0 unspecified atom stereocenters. The van der Waals surface area contributed by atoms with Gasteiger partial charge in [0, 0.05) is 79.5 Å². The molecule has 4 aromatic heterocycles. The number of nitrogens with one attached hydrogen (secondary N) is 1. The molecule has 4 bridgehead atoms. The van der Waals surface area contributed by atoms with Crippen LogP contribution in [0.5, 0.6) is 0 Å². The monoisotopic (exact) mass is 443 g/mol. The summed E-state index contributed by atoms with van der Waals surface area (Å²) in [5.74, 6) is -0.111. The van der Waals surface area contributed by atoms with Crippen LogP contribution in [-0.4, -0.2) is 47.4 Å². The zero-order valence-electron chi connectivity index (χ0n) is 17.4. The SMILES string of the molecule is CN1Cc2nn(C)cc2-c2cnc3[nH]cc(c3c2)-c2cn(nc2C(F)(F)F)CCCC1=O. The van der Waals surface area contributed by atoms with Crippen molar-refractivity contribution in [3.05, 3.63) is 42.2 Å². The number of rotatable bonds is 0. The number of fused-ring (bicyclic) bond motifs is 6. The number of H-pyrrole nitrogens is 1. The van der Waals surface area contributed by atoms with E-state index in [0.717, 1.165) is 5.56 Å². The Morgan fingerprint density at radius 1 is 1.09 bits per heavy atom. The maximum absolute atomic E-state index is 13.8. The molecule has 0 aliphatic carbocycles. The number of aromatic nitrogens is 6. The first-order valence-corrected chi connectivity index (χ1v) is 10.1. The average molecular weight is 443 g/mol. The van der Waals surface area contributed by atoms with Crippen LogP contribution >= 0.6 is 0 Å². The average Bonchev–Trinajstić information content (AvgIpc) is 3.42. The van der Waals surface area contributed by atoms with Gasteiger partial charge in [0.25, 0.3) is 0 Å². The topological polar surface area (TPSA) is 84.6 Å². The second-order valence-corrected chi connectivity index (χ2v) is 7.99. The lowest BCUT2D eigenvalue weighted by atomic mass is 10.0. The van der Waals surface area contributed by atoms with Crippen LogP contribution in [0.25, 0.3) is 33.3 Å². The van der Waals surface area contributed by atoms with Gasteiger partial charge in [-0.15, -0.1) is 0 Å². The summed E-state index contributed by atoms with van der Waals surface area (Å²) in [6, 6.07) is 1.80. The quantitative estimate of drug-likeness (QED) is 0.450. The Labute approximate surface area is 180 Å². The Morgan fingerprint density at radius 2 is 1.91 bits per heavy atom. The number of hydrogen-bond acceptors (Lipinski definition) is 4. The predicted molar refractivity (Wildman–Crippen MR) is 110 cm³/mol. The van der Waals surface area contributed by atoms with Crippen molar-refractivity contribution in [2.45, 2.75) is 32.1 Å². The number of halogens is 3. The lowest BCUT2D eigenvalue weighted by Gasteiger charge is -2.17. The largest absolute Gasteiger partial charge is 0.435 e. The summed E-state index contributed by atoms with van der Waals surface area (Å²) in [6.07, 6.45) is 2.33. The molecular weight excluding hydrogens is 423 g/mol. The van der Waals surface area contributed by atoms with Crippen molar-refractivity contribution in [2.24, 2.45) is 7.05 Å². The van der Waals surface area contributed by atoms with Crippen molar-refractivity contribution in [2.75, 3.05) is 7.05 Å². The molecule has 11 heteroatoms. The fourth-order valence-electron chi connectivity index (χ4n) is 4.10. The summed E-state index contributed by atoms with van der Waals surface area (Å²) >= 11 is 0. The van der Waals surface area contributed by atoms with Gasteiger partial charge in [-0.05, 0) is 12.5 Å². The third kappa shape index (κ3) is 3.43. The van der Waals surface area contributed by atoms with E-state index in [-0.39, 0.29) is 24.4 Å². The van der Waals surface area contributed by atoms with E-state index in [1.807, 2.05) is 6.20 Å². The number of nitrogens with zero attached hydrogens (tertiary/aromatic N) is 6. The number of pyridine rings is 1. The van der Waals surface area contributed by atoms with Crippen LogP contribution in [0.1, 0.15) is 24.2 Å². The van der Waals surface area contributed by atoms with Gasteiger partial charge in [0.1, 0.15) is 5.65 Å². The highest BCUT2D eigenvalue weighted by Gasteiger charge is 2.38. The molecular formula is C21H20F3N7O. The van der Waals surface area contributed by atoms with Crippen LogP contribution < -0.4 is 0 Å². The third-order valence-electron chi connectivity index (χ3n) is 5.66. The van der Waals surface area contributed by atoms with Crippen LogP contribution in [0.3, 0.4) is 0 Å². The number of carbonyl (C=O) groups excluding carboxylic acids is 1. The highest BCUT2D eigenvalue weighted by molar-refractivity contribution is 5.96. The van der Waals surface area contributed by atoms with E-state index < -0.39 is 11.9 Å². The van der Waals surface area contributed by atoms with Crippen LogP contribution in [0.2, 0.25) is 0 Å². The minimum atomic E-state index is -4.62. The summed E-state index contributed by atoms with van der Waals surface area (Å²) in [5, 5.41) is 8.85. The predicted octanol–water partition coefficient (Wildman–Crippen LogP) is 3.60. The van der Waals surface area contributed by atoms with Gasteiger partial charge in [0.15, 0.2) is 5.69 Å². The summed E-state index contributed by atoms with van der Waals surface area (Å²) in [4.78, 5) is 21.6. The van der Waals surface area contributed by atoms with Crippen LogP contribution in [0.15, 0.2) is 30.9 Å². The van der Waals surface area contributed by atoms with Gasteiger partial charge in [0.2, 0.25) is 5.91 Å². The smallest absolute Gasteiger partial charge is 0.346 e. The molecule has 1 amide bonds. The van der Waals surface area contributed by atoms with Gasteiger partial charge in [-0.25, -0.2) is 4.98 Å². The van der Waals surface area contributed by atoms with Crippen molar-refractivity contribution >= 4 is 16.9 Å². The Morgan fingerprint density at radius 3 is 2.69 bits per heavy atom. The minimum absolute atomic E-state index is 0.0209. The van der Waals surface area contributed by atoms with Crippen molar-refractivity contribution in [1.29, 1.82) is 0 Å². The van der Waals surface area contributed by atoms with Crippen molar-refractivity contribution in [3.63, 3.8) is 0 Å². The highest BCUT2D eigenvalue weighted by atomic mass is 19.4. The van der Waals surface area contributed by atoms with E-state index in [0.29, 0.717) is 40.8 Å². The maximum Gasteiger partial charge on any atom is 0.435 e. The first-order chi connectivity index (χ1) is 15.2. The van der Waals surface area contributed by atoms with E-state index >= 15 is 0 Å². The molecule has 5 rings (SSSR count). The normalized spacial score (nSPS) is 15.2. The second kappa shape index (κ2) is 7.21. The molecule has 0 atom stereocenters. The molecule has 8 nitrogen and oxygen atoms in total. The molecule has 166 valence electrons. The maximum atomic E-state index is 13.8. The number of carbonyl (C=O) groups is 1. The van der Waals surface area contributed by atoms with E-state index in [1.165, 1.54) is 17.1 Å². The van der Waals surface area contributed by atoms with Crippen molar-refractivity contribution in [3.8, 4) is 22.3 Å². The van der Waals surface area contributed by atoms with Crippen LogP contribution in [0, 0.1) is 0 Å². The van der Waals surface area contributed by atoms with Crippen molar-refractivity contribution < 1.29 is 18.0 Å². The molecule has 0 saturated carbocycles. The summed E-state index contributed by atoms with van der Waals surface area (Å²) in [6.45, 7) is 0.514. The first kappa shape index (κ1) is 20.3. The fourth-order valence-corrected chi connectivity index (χ4v) is 4.10. The summed E-state index contributed by atoms with van der Waals surface area (Å²) < 4.78 is 44.3. The Hall–Kier alpha value is -3.63.